The second kappa shape index (κ2) is 6.62. The minimum atomic E-state index is -0.639. The highest BCUT2D eigenvalue weighted by Crippen LogP contribution is 2.14. The van der Waals surface area contributed by atoms with Gasteiger partial charge in [0, 0.05) is 22.6 Å². The maximum atomic E-state index is 11.9. The fourth-order valence-corrected chi connectivity index (χ4v) is 2.23. The van der Waals surface area contributed by atoms with Crippen LogP contribution in [0.25, 0.3) is 5.65 Å². The fraction of sp³-hybridized carbons (Fsp3) is 0.0625. The highest BCUT2D eigenvalue weighted by molar-refractivity contribution is 9.10. The molecule has 0 aliphatic rings. The quantitative estimate of drug-likeness (QED) is 0.713. The molecule has 0 saturated heterocycles. The van der Waals surface area contributed by atoms with E-state index < -0.39 is 11.9 Å². The molecule has 0 atom stereocenters. The summed E-state index contributed by atoms with van der Waals surface area (Å²) in [7, 11) is 0. The number of aromatic nitrogens is 2. The van der Waals surface area contributed by atoms with Crippen molar-refractivity contribution in [1.29, 1.82) is 0 Å². The molecule has 2 heterocycles. The van der Waals surface area contributed by atoms with E-state index in [0.717, 1.165) is 4.47 Å². The molecule has 1 amide bonds. The Labute approximate surface area is 140 Å². The molecule has 0 unspecified atom stereocenters. The largest absolute Gasteiger partial charge is 0.451 e. The smallest absolute Gasteiger partial charge is 0.359 e. The van der Waals surface area contributed by atoms with Crippen molar-refractivity contribution < 1.29 is 14.3 Å². The molecule has 0 aliphatic heterocycles. The summed E-state index contributed by atoms with van der Waals surface area (Å²) in [4.78, 5) is 27.8. The van der Waals surface area contributed by atoms with Crippen LogP contribution >= 0.6 is 15.9 Å². The first-order chi connectivity index (χ1) is 11.1. The van der Waals surface area contributed by atoms with E-state index in [9.17, 15) is 9.59 Å². The number of carbonyl (C=O) groups excluding carboxylic acids is 2. The predicted molar refractivity (Wildman–Crippen MR) is 88.2 cm³/mol. The van der Waals surface area contributed by atoms with Gasteiger partial charge in [-0.25, -0.2) is 9.78 Å². The third kappa shape index (κ3) is 3.75. The molecule has 116 valence electrons. The van der Waals surface area contributed by atoms with E-state index in [0.29, 0.717) is 11.3 Å². The lowest BCUT2D eigenvalue weighted by molar-refractivity contribution is -0.119. The van der Waals surface area contributed by atoms with Gasteiger partial charge in [-0.1, -0.05) is 22.0 Å². The van der Waals surface area contributed by atoms with Crippen LogP contribution in [-0.4, -0.2) is 27.9 Å². The number of halogens is 1. The summed E-state index contributed by atoms with van der Waals surface area (Å²) in [5.74, 6) is -1.05. The zero-order valence-corrected chi connectivity index (χ0v) is 13.5. The van der Waals surface area contributed by atoms with E-state index >= 15 is 0 Å². The molecule has 0 fully saturated rings. The normalized spacial score (nSPS) is 10.5. The molecule has 3 aromatic rings. The first-order valence-electron chi connectivity index (χ1n) is 6.78. The lowest BCUT2D eigenvalue weighted by Gasteiger charge is -2.05. The number of esters is 1. The summed E-state index contributed by atoms with van der Waals surface area (Å²) in [5, 5.41) is 2.64. The van der Waals surface area contributed by atoms with E-state index in [-0.39, 0.29) is 12.3 Å². The van der Waals surface area contributed by atoms with E-state index in [1.807, 2.05) is 12.1 Å². The van der Waals surface area contributed by atoms with Crippen LogP contribution in [0.3, 0.4) is 0 Å². The van der Waals surface area contributed by atoms with E-state index in [2.05, 4.69) is 26.2 Å². The molecule has 0 radical (unpaired) electrons. The van der Waals surface area contributed by atoms with Crippen LogP contribution in [-0.2, 0) is 9.53 Å². The monoisotopic (exact) mass is 373 g/mol. The lowest BCUT2D eigenvalue weighted by Crippen LogP contribution is -2.21. The molecule has 1 aromatic carbocycles. The van der Waals surface area contributed by atoms with Crippen molar-refractivity contribution in [1.82, 2.24) is 9.38 Å². The summed E-state index contributed by atoms with van der Waals surface area (Å²) in [6, 6.07) is 12.5. The minimum absolute atomic E-state index is 0.160. The van der Waals surface area contributed by atoms with Gasteiger partial charge in [0.15, 0.2) is 12.3 Å². The molecule has 6 nitrogen and oxygen atoms in total. The molecular weight excluding hydrogens is 362 g/mol. The van der Waals surface area contributed by atoms with Crippen LogP contribution in [0.15, 0.2) is 59.3 Å². The van der Waals surface area contributed by atoms with Gasteiger partial charge in [-0.05, 0) is 36.4 Å². The fourth-order valence-electron chi connectivity index (χ4n) is 1.97. The highest BCUT2D eigenvalue weighted by Gasteiger charge is 2.14. The molecule has 3 rings (SSSR count). The van der Waals surface area contributed by atoms with Crippen LogP contribution in [0.4, 0.5) is 5.69 Å². The molecule has 23 heavy (non-hydrogen) atoms. The zero-order valence-electron chi connectivity index (χ0n) is 11.9. The van der Waals surface area contributed by atoms with Gasteiger partial charge in [0.05, 0.1) is 0 Å². The van der Waals surface area contributed by atoms with Crippen molar-refractivity contribution >= 4 is 39.1 Å². The highest BCUT2D eigenvalue weighted by atomic mass is 79.9. The summed E-state index contributed by atoms with van der Waals surface area (Å²) in [5.41, 5.74) is 1.42. The lowest BCUT2D eigenvalue weighted by atomic mass is 10.3. The SMILES string of the molecule is O=C(COC(=O)c1cn2ccccc2n1)Nc1ccc(Br)cc1. The zero-order chi connectivity index (χ0) is 16.2. The number of rotatable bonds is 4. The van der Waals surface area contributed by atoms with Crippen LogP contribution in [0, 0.1) is 0 Å². The first-order valence-corrected chi connectivity index (χ1v) is 7.57. The number of amides is 1. The minimum Gasteiger partial charge on any atom is -0.451 e. The van der Waals surface area contributed by atoms with Gasteiger partial charge >= 0.3 is 5.97 Å². The second-order valence-corrected chi connectivity index (χ2v) is 5.64. The number of hydrogen-bond donors (Lipinski definition) is 1. The molecule has 0 bridgehead atoms. The average molecular weight is 374 g/mol. The van der Waals surface area contributed by atoms with Gasteiger partial charge in [-0.3, -0.25) is 4.79 Å². The van der Waals surface area contributed by atoms with E-state index in [4.69, 9.17) is 4.74 Å². The van der Waals surface area contributed by atoms with Gasteiger partial charge in [-0.2, -0.15) is 0 Å². The molecule has 1 N–H and O–H groups in total. The van der Waals surface area contributed by atoms with Crippen molar-refractivity contribution in [2.24, 2.45) is 0 Å². The number of carbonyl (C=O) groups is 2. The van der Waals surface area contributed by atoms with Gasteiger partial charge < -0.3 is 14.5 Å². The summed E-state index contributed by atoms with van der Waals surface area (Å²) in [6.07, 6.45) is 3.34. The van der Waals surface area contributed by atoms with Gasteiger partial charge in [0.1, 0.15) is 5.65 Å². The molecule has 7 heteroatoms. The maximum Gasteiger partial charge on any atom is 0.359 e. The Morgan fingerprint density at radius 2 is 1.96 bits per heavy atom. The van der Waals surface area contributed by atoms with Crippen LogP contribution in [0.1, 0.15) is 10.5 Å². The van der Waals surface area contributed by atoms with Crippen molar-refractivity contribution in [3.8, 4) is 0 Å². The van der Waals surface area contributed by atoms with Crippen LogP contribution in [0.5, 0.6) is 0 Å². The van der Waals surface area contributed by atoms with Gasteiger partial charge in [0.25, 0.3) is 5.91 Å². The Morgan fingerprint density at radius 3 is 2.70 bits per heavy atom. The molecule has 0 saturated carbocycles. The van der Waals surface area contributed by atoms with E-state index in [1.165, 1.54) is 0 Å². The number of nitrogens with zero attached hydrogens (tertiary/aromatic N) is 2. The second-order valence-electron chi connectivity index (χ2n) is 4.72. The number of pyridine rings is 1. The predicted octanol–water partition coefficient (Wildman–Crippen LogP) is 2.89. The number of benzene rings is 1. The van der Waals surface area contributed by atoms with Crippen LogP contribution in [0.2, 0.25) is 0 Å². The molecular formula is C16H12BrN3O3. The average Bonchev–Trinajstić information content (AvgIpc) is 2.99. The molecule has 0 spiro atoms. The summed E-state index contributed by atoms with van der Waals surface area (Å²) in [6.45, 7) is -0.372. The van der Waals surface area contributed by atoms with Gasteiger partial charge in [-0.15, -0.1) is 0 Å². The van der Waals surface area contributed by atoms with Crippen LogP contribution < -0.4 is 5.32 Å². The maximum absolute atomic E-state index is 11.9. The van der Waals surface area contributed by atoms with Crippen molar-refractivity contribution in [2.45, 2.75) is 0 Å². The number of fused-ring (bicyclic) bond motifs is 1. The number of imidazole rings is 1. The standard InChI is InChI=1S/C16H12BrN3O3/c17-11-4-6-12(7-5-11)18-15(21)10-23-16(22)13-9-20-8-2-1-3-14(20)19-13/h1-9H,10H2,(H,18,21). The Balaban J connectivity index is 1.57. The Kier molecular flexibility index (Phi) is 4.38. The number of hydrogen-bond acceptors (Lipinski definition) is 4. The number of nitrogens with one attached hydrogen (secondary N) is 1. The number of ether oxygens (including phenoxy) is 1. The molecule has 0 aliphatic carbocycles. The third-order valence-electron chi connectivity index (χ3n) is 3.04. The molecule has 2 aromatic heterocycles. The Bertz CT molecular complexity index is 825. The summed E-state index contributed by atoms with van der Waals surface area (Å²) < 4.78 is 7.60. The Morgan fingerprint density at radius 1 is 1.17 bits per heavy atom. The summed E-state index contributed by atoms with van der Waals surface area (Å²) >= 11 is 3.31. The third-order valence-corrected chi connectivity index (χ3v) is 3.56. The number of anilines is 1. The topological polar surface area (TPSA) is 72.7 Å². The van der Waals surface area contributed by atoms with Gasteiger partial charge in [0.2, 0.25) is 0 Å². The Hall–Kier alpha value is -2.67. The van der Waals surface area contributed by atoms with Crippen molar-refractivity contribution in [3.63, 3.8) is 0 Å². The van der Waals surface area contributed by atoms with Crippen molar-refractivity contribution in [2.75, 3.05) is 11.9 Å². The first kappa shape index (κ1) is 15.2. The van der Waals surface area contributed by atoms with Crippen molar-refractivity contribution in [3.05, 3.63) is 65.0 Å². The van der Waals surface area contributed by atoms with E-state index in [1.54, 1.807) is 47.1 Å².